The molecule has 0 atom stereocenters. The Morgan fingerprint density at radius 3 is 2.78 bits per heavy atom. The standard InChI is InChI=1S/C15H13FN2O4S/c1-9-2-3-10(16)6-12(9)18-23(20,21)11-4-5-14-13(7-11)17-15(19)8-22-14/h2-7,18H,8H2,1H3,(H,17,19). The van der Waals surface area contributed by atoms with E-state index in [1.54, 1.807) is 6.92 Å². The van der Waals surface area contributed by atoms with E-state index in [1.165, 1.54) is 30.3 Å². The minimum atomic E-state index is -3.93. The maximum absolute atomic E-state index is 13.3. The quantitative estimate of drug-likeness (QED) is 0.900. The van der Waals surface area contributed by atoms with Crippen LogP contribution in [0.5, 0.6) is 5.75 Å². The number of amides is 1. The molecule has 1 aliphatic rings. The van der Waals surface area contributed by atoms with Gasteiger partial charge < -0.3 is 10.1 Å². The molecule has 0 radical (unpaired) electrons. The van der Waals surface area contributed by atoms with Gasteiger partial charge in [-0.25, -0.2) is 12.8 Å². The molecule has 120 valence electrons. The predicted molar refractivity (Wildman–Crippen MR) is 82.5 cm³/mol. The Balaban J connectivity index is 1.95. The normalized spacial score (nSPS) is 13.7. The van der Waals surface area contributed by atoms with Crippen LogP contribution in [-0.4, -0.2) is 20.9 Å². The van der Waals surface area contributed by atoms with Crippen molar-refractivity contribution in [3.05, 3.63) is 47.8 Å². The van der Waals surface area contributed by atoms with Crippen molar-refractivity contribution < 1.29 is 22.3 Å². The maximum atomic E-state index is 13.3. The Morgan fingerprint density at radius 1 is 1.22 bits per heavy atom. The lowest BCUT2D eigenvalue weighted by atomic mass is 10.2. The average Bonchev–Trinajstić information content (AvgIpc) is 2.50. The van der Waals surface area contributed by atoms with Crippen molar-refractivity contribution in [3.8, 4) is 5.75 Å². The number of benzene rings is 2. The lowest BCUT2D eigenvalue weighted by Crippen LogP contribution is -2.25. The molecule has 23 heavy (non-hydrogen) atoms. The summed E-state index contributed by atoms with van der Waals surface area (Å²) >= 11 is 0. The van der Waals surface area contributed by atoms with Gasteiger partial charge in [-0.3, -0.25) is 9.52 Å². The van der Waals surface area contributed by atoms with Crippen LogP contribution in [0.15, 0.2) is 41.3 Å². The molecule has 1 heterocycles. The molecule has 0 spiro atoms. The molecule has 0 unspecified atom stereocenters. The number of carbonyl (C=O) groups excluding carboxylic acids is 1. The van der Waals surface area contributed by atoms with Crippen molar-refractivity contribution in [1.82, 2.24) is 0 Å². The van der Waals surface area contributed by atoms with Crippen LogP contribution in [0, 0.1) is 12.7 Å². The fraction of sp³-hybridized carbons (Fsp3) is 0.133. The molecule has 3 rings (SSSR count). The minimum absolute atomic E-state index is 0.0642. The van der Waals surface area contributed by atoms with Gasteiger partial charge in [-0.1, -0.05) is 6.07 Å². The van der Waals surface area contributed by atoms with Crippen LogP contribution in [0.25, 0.3) is 0 Å². The summed E-state index contributed by atoms with van der Waals surface area (Å²) in [5.41, 5.74) is 1.02. The molecule has 0 bridgehead atoms. The van der Waals surface area contributed by atoms with Crippen molar-refractivity contribution in [3.63, 3.8) is 0 Å². The molecule has 0 saturated heterocycles. The third kappa shape index (κ3) is 3.11. The highest BCUT2D eigenvalue weighted by atomic mass is 32.2. The van der Waals surface area contributed by atoms with Gasteiger partial charge in [0.1, 0.15) is 11.6 Å². The minimum Gasteiger partial charge on any atom is -0.482 e. The smallest absolute Gasteiger partial charge is 0.262 e. The Kier molecular flexibility index (Phi) is 3.69. The summed E-state index contributed by atoms with van der Waals surface area (Å²) < 4.78 is 45.7. The van der Waals surface area contributed by atoms with E-state index in [0.717, 1.165) is 6.07 Å². The van der Waals surface area contributed by atoms with Crippen molar-refractivity contribution in [1.29, 1.82) is 0 Å². The summed E-state index contributed by atoms with van der Waals surface area (Å²) in [5.74, 6) is -0.508. The van der Waals surface area contributed by atoms with E-state index in [4.69, 9.17) is 4.74 Å². The number of fused-ring (bicyclic) bond motifs is 1. The van der Waals surface area contributed by atoms with Crippen molar-refractivity contribution in [2.45, 2.75) is 11.8 Å². The number of rotatable bonds is 3. The number of hydrogen-bond donors (Lipinski definition) is 2. The van der Waals surface area contributed by atoms with E-state index in [1.807, 2.05) is 0 Å². The van der Waals surface area contributed by atoms with Gasteiger partial charge in [0.25, 0.3) is 15.9 Å². The highest BCUT2D eigenvalue weighted by molar-refractivity contribution is 7.92. The second-order valence-electron chi connectivity index (χ2n) is 5.06. The first-order chi connectivity index (χ1) is 10.8. The zero-order chi connectivity index (χ0) is 16.6. The van der Waals surface area contributed by atoms with E-state index in [2.05, 4.69) is 10.0 Å². The fourth-order valence-electron chi connectivity index (χ4n) is 2.14. The summed E-state index contributed by atoms with van der Waals surface area (Å²) in [6.45, 7) is 1.55. The van der Waals surface area contributed by atoms with Crippen molar-refractivity contribution >= 4 is 27.3 Å². The predicted octanol–water partition coefficient (Wildman–Crippen LogP) is 2.27. The van der Waals surface area contributed by atoms with Crippen LogP contribution in [-0.2, 0) is 14.8 Å². The topological polar surface area (TPSA) is 84.5 Å². The number of hydrogen-bond acceptors (Lipinski definition) is 4. The van der Waals surface area contributed by atoms with Crippen molar-refractivity contribution in [2.24, 2.45) is 0 Å². The monoisotopic (exact) mass is 336 g/mol. The lowest BCUT2D eigenvalue weighted by Gasteiger charge is -2.19. The molecule has 2 aromatic carbocycles. The molecular formula is C15H13FN2O4S. The summed E-state index contributed by atoms with van der Waals surface area (Å²) in [6, 6.07) is 7.95. The first kappa shape index (κ1) is 15.3. The van der Waals surface area contributed by atoms with Gasteiger partial charge in [0.15, 0.2) is 6.61 Å². The van der Waals surface area contributed by atoms with Crippen molar-refractivity contribution in [2.75, 3.05) is 16.6 Å². The van der Waals surface area contributed by atoms with Gasteiger partial charge in [0.05, 0.1) is 16.3 Å². The number of nitrogens with one attached hydrogen (secondary N) is 2. The van der Waals surface area contributed by atoms with Gasteiger partial charge in [0.2, 0.25) is 0 Å². The van der Waals surface area contributed by atoms with E-state index < -0.39 is 15.8 Å². The number of anilines is 2. The number of ether oxygens (including phenoxy) is 1. The van der Waals surface area contributed by atoms with Gasteiger partial charge in [-0.15, -0.1) is 0 Å². The van der Waals surface area contributed by atoms with Crippen LogP contribution in [0.2, 0.25) is 0 Å². The molecule has 0 saturated carbocycles. The number of halogens is 1. The van der Waals surface area contributed by atoms with E-state index in [0.29, 0.717) is 11.3 Å². The van der Waals surface area contributed by atoms with Gasteiger partial charge in [-0.2, -0.15) is 0 Å². The summed E-state index contributed by atoms with van der Waals surface area (Å²) in [6.07, 6.45) is 0. The maximum Gasteiger partial charge on any atom is 0.262 e. The first-order valence-corrected chi connectivity index (χ1v) is 8.19. The Hall–Kier alpha value is -2.61. The molecule has 0 fully saturated rings. The van der Waals surface area contributed by atoms with E-state index >= 15 is 0 Å². The average molecular weight is 336 g/mol. The van der Waals surface area contributed by atoms with E-state index in [-0.39, 0.29) is 28.8 Å². The second-order valence-corrected chi connectivity index (χ2v) is 6.74. The molecule has 1 amide bonds. The summed E-state index contributed by atoms with van der Waals surface area (Å²) in [4.78, 5) is 11.3. The largest absolute Gasteiger partial charge is 0.482 e. The van der Waals surface area contributed by atoms with Crippen LogP contribution in [0.1, 0.15) is 5.56 Å². The molecule has 8 heteroatoms. The summed E-state index contributed by atoms with van der Waals surface area (Å²) in [5, 5.41) is 2.54. The zero-order valence-electron chi connectivity index (χ0n) is 12.1. The fourth-order valence-corrected chi connectivity index (χ4v) is 3.28. The number of carbonyl (C=O) groups is 1. The van der Waals surface area contributed by atoms with Crippen LogP contribution in [0.3, 0.4) is 0 Å². The Morgan fingerprint density at radius 2 is 2.00 bits per heavy atom. The number of aryl methyl sites for hydroxylation is 1. The molecule has 2 N–H and O–H groups in total. The van der Waals surface area contributed by atoms with Crippen LogP contribution in [0.4, 0.5) is 15.8 Å². The molecule has 2 aromatic rings. The van der Waals surface area contributed by atoms with Crippen LogP contribution < -0.4 is 14.8 Å². The first-order valence-electron chi connectivity index (χ1n) is 6.71. The summed E-state index contributed by atoms with van der Waals surface area (Å²) in [7, 11) is -3.93. The molecule has 1 aliphatic heterocycles. The molecule has 0 aliphatic carbocycles. The SMILES string of the molecule is Cc1ccc(F)cc1NS(=O)(=O)c1ccc2c(c1)NC(=O)CO2. The lowest BCUT2D eigenvalue weighted by molar-refractivity contribution is -0.118. The van der Waals surface area contributed by atoms with Crippen LogP contribution >= 0.6 is 0 Å². The zero-order valence-corrected chi connectivity index (χ0v) is 12.9. The number of sulfonamides is 1. The molecule has 6 nitrogen and oxygen atoms in total. The van der Waals surface area contributed by atoms with Gasteiger partial charge >= 0.3 is 0 Å². The Labute approximate surface area is 132 Å². The Bertz CT molecular complexity index is 896. The van der Waals surface area contributed by atoms with Gasteiger partial charge in [-0.05, 0) is 42.8 Å². The highest BCUT2D eigenvalue weighted by Gasteiger charge is 2.21. The van der Waals surface area contributed by atoms with Gasteiger partial charge in [0, 0.05) is 0 Å². The van der Waals surface area contributed by atoms with E-state index in [9.17, 15) is 17.6 Å². The second kappa shape index (κ2) is 5.54. The molecular weight excluding hydrogens is 323 g/mol. The third-order valence-corrected chi connectivity index (χ3v) is 4.70. The highest BCUT2D eigenvalue weighted by Crippen LogP contribution is 2.31. The third-order valence-electron chi connectivity index (χ3n) is 3.34. The molecule has 0 aromatic heterocycles.